The van der Waals surface area contributed by atoms with E-state index in [4.69, 9.17) is 4.74 Å². The maximum atomic E-state index is 13.9. The van der Waals surface area contributed by atoms with Crippen LogP contribution in [0, 0.1) is 5.82 Å². The van der Waals surface area contributed by atoms with E-state index in [9.17, 15) is 35.6 Å². The van der Waals surface area contributed by atoms with Gasteiger partial charge >= 0.3 is 12.1 Å². The number of nitrogens with zero attached hydrogens (tertiary/aromatic N) is 1. The maximum absolute atomic E-state index is 13.9. The molecule has 13 heteroatoms. The predicted octanol–water partition coefficient (Wildman–Crippen LogP) is 5.61. The van der Waals surface area contributed by atoms with Crippen LogP contribution < -0.4 is 14.4 Å². The van der Waals surface area contributed by atoms with Gasteiger partial charge in [0.15, 0.2) is 0 Å². The third kappa shape index (κ3) is 6.63. The lowest BCUT2D eigenvalue weighted by atomic mass is 10.1. The van der Waals surface area contributed by atoms with Crippen LogP contribution in [-0.2, 0) is 32.2 Å². The number of hydrogen-bond acceptors (Lipinski definition) is 6. The van der Waals surface area contributed by atoms with Crippen molar-refractivity contribution in [1.29, 1.82) is 0 Å². The van der Waals surface area contributed by atoms with Crippen molar-refractivity contribution >= 4 is 27.6 Å². The summed E-state index contributed by atoms with van der Waals surface area (Å²) in [6.45, 7) is -0.385. The normalized spacial score (nSPS) is 14.5. The van der Waals surface area contributed by atoms with E-state index in [1.165, 1.54) is 30.3 Å². The summed E-state index contributed by atoms with van der Waals surface area (Å²) in [5, 5.41) is 2.60. The molecule has 1 aliphatic rings. The number of para-hydroxylation sites is 1. The summed E-state index contributed by atoms with van der Waals surface area (Å²) in [5.74, 6) is -2.36. The molecule has 45 heavy (non-hydrogen) atoms. The Morgan fingerprint density at radius 2 is 1.58 bits per heavy atom. The zero-order valence-corrected chi connectivity index (χ0v) is 24.5. The zero-order valence-electron chi connectivity index (χ0n) is 23.7. The van der Waals surface area contributed by atoms with Gasteiger partial charge < -0.3 is 14.8 Å². The first-order valence-corrected chi connectivity index (χ1v) is 15.0. The minimum Gasteiger partial charge on any atom is -0.492 e. The van der Waals surface area contributed by atoms with E-state index in [1.54, 1.807) is 48.5 Å². The molecule has 4 aromatic rings. The number of carbonyl (C=O) groups excluding carboxylic acids is 2. The van der Waals surface area contributed by atoms with Crippen molar-refractivity contribution in [1.82, 2.24) is 5.32 Å². The van der Waals surface area contributed by atoms with Crippen LogP contribution in [0.15, 0.2) is 95.9 Å². The molecule has 0 saturated carbocycles. The third-order valence-corrected chi connectivity index (χ3v) is 9.03. The van der Waals surface area contributed by atoms with Crippen LogP contribution in [0.4, 0.5) is 23.2 Å². The summed E-state index contributed by atoms with van der Waals surface area (Å²) in [4.78, 5) is 25.0. The van der Waals surface area contributed by atoms with Crippen LogP contribution in [-0.4, -0.2) is 46.6 Å². The van der Waals surface area contributed by atoms with Gasteiger partial charge in [0.25, 0.3) is 10.0 Å². The van der Waals surface area contributed by atoms with E-state index < -0.39 is 51.1 Å². The molecular formula is C32H26F4N2O6S. The molecule has 0 spiro atoms. The van der Waals surface area contributed by atoms with Crippen LogP contribution in [0.5, 0.6) is 5.75 Å². The first kappa shape index (κ1) is 31.5. The fourth-order valence-corrected chi connectivity index (χ4v) is 6.68. The second-order valence-corrected chi connectivity index (χ2v) is 11.8. The number of fused-ring (bicyclic) bond motifs is 1. The average molecular weight is 643 g/mol. The van der Waals surface area contributed by atoms with Gasteiger partial charge in [0.1, 0.15) is 24.2 Å². The van der Waals surface area contributed by atoms with E-state index in [0.29, 0.717) is 28.4 Å². The van der Waals surface area contributed by atoms with Crippen LogP contribution in [0.25, 0.3) is 11.1 Å². The van der Waals surface area contributed by atoms with Crippen molar-refractivity contribution in [3.05, 3.63) is 114 Å². The van der Waals surface area contributed by atoms with Crippen molar-refractivity contribution in [3.8, 4) is 16.9 Å². The number of methoxy groups -OCH3 is 1. The number of anilines is 1. The van der Waals surface area contributed by atoms with Crippen molar-refractivity contribution < 1.29 is 45.0 Å². The highest BCUT2D eigenvalue weighted by atomic mass is 32.2. The number of carbonyl (C=O) groups is 2. The van der Waals surface area contributed by atoms with Crippen molar-refractivity contribution in [2.24, 2.45) is 0 Å². The number of nitrogens with one attached hydrogen (secondary N) is 1. The minimum atomic E-state index is -4.84. The fraction of sp³-hybridized carbons (Fsp3) is 0.188. The monoisotopic (exact) mass is 642 g/mol. The lowest BCUT2D eigenvalue weighted by molar-refractivity contribution is -0.138. The molecule has 4 aromatic carbocycles. The minimum absolute atomic E-state index is 0.0536. The predicted molar refractivity (Wildman–Crippen MR) is 157 cm³/mol. The topological polar surface area (TPSA) is 102 Å². The molecule has 1 N–H and O–H groups in total. The van der Waals surface area contributed by atoms with Gasteiger partial charge in [-0.25, -0.2) is 17.6 Å². The Morgan fingerprint density at radius 3 is 2.22 bits per heavy atom. The summed E-state index contributed by atoms with van der Waals surface area (Å²) < 4.78 is 92.4. The van der Waals surface area contributed by atoms with Gasteiger partial charge in [0.2, 0.25) is 5.91 Å². The first-order chi connectivity index (χ1) is 21.4. The molecule has 0 aliphatic carbocycles. The Balaban J connectivity index is 1.30. The number of halogens is 4. The smallest absolute Gasteiger partial charge is 0.417 e. The fourth-order valence-electron chi connectivity index (χ4n) is 5.03. The van der Waals surface area contributed by atoms with Gasteiger partial charge in [-0.05, 0) is 65.2 Å². The van der Waals surface area contributed by atoms with E-state index in [0.717, 1.165) is 17.5 Å². The highest BCUT2D eigenvalue weighted by Gasteiger charge is 2.42. The van der Waals surface area contributed by atoms with Crippen molar-refractivity contribution in [2.45, 2.75) is 23.5 Å². The van der Waals surface area contributed by atoms with Crippen LogP contribution in [0.3, 0.4) is 0 Å². The van der Waals surface area contributed by atoms with Crippen molar-refractivity contribution in [2.75, 3.05) is 24.6 Å². The Labute approximate surface area is 256 Å². The molecule has 0 unspecified atom stereocenters. The third-order valence-electron chi connectivity index (χ3n) is 7.19. The highest BCUT2D eigenvalue weighted by molar-refractivity contribution is 7.93. The van der Waals surface area contributed by atoms with E-state index >= 15 is 0 Å². The quantitative estimate of drug-likeness (QED) is 0.145. The standard InChI is InChI=1S/C32H26F4N2O6S/c1-43-31(40)26-15-12-24(19-27(26)32(34,35)36)44-17-16-37-30(39)29-18-22-4-2-3-5-28(22)38(29)45(41,42)25-13-8-21(9-14-25)20-6-10-23(33)11-7-20/h2-15,19,29H,16-18H2,1H3,(H,37,39)/t29-/m0/s1. The molecule has 8 nitrogen and oxygen atoms in total. The molecule has 0 fully saturated rings. The van der Waals surface area contributed by atoms with Crippen LogP contribution in [0.2, 0.25) is 0 Å². The van der Waals surface area contributed by atoms with Crippen LogP contribution in [0.1, 0.15) is 21.5 Å². The van der Waals surface area contributed by atoms with Gasteiger partial charge in [-0.1, -0.05) is 42.5 Å². The van der Waals surface area contributed by atoms with Crippen molar-refractivity contribution in [3.63, 3.8) is 0 Å². The van der Waals surface area contributed by atoms with Gasteiger partial charge in [0, 0.05) is 6.42 Å². The molecule has 1 heterocycles. The highest BCUT2D eigenvalue weighted by Crippen LogP contribution is 2.38. The second-order valence-electron chi connectivity index (χ2n) is 10.0. The maximum Gasteiger partial charge on any atom is 0.417 e. The summed E-state index contributed by atoms with van der Waals surface area (Å²) in [6, 6.07) is 20.1. The van der Waals surface area contributed by atoms with E-state index in [2.05, 4.69) is 10.1 Å². The number of ether oxygens (including phenoxy) is 2. The summed E-state index contributed by atoms with van der Waals surface area (Å²) in [6.07, 6.45) is -4.75. The summed E-state index contributed by atoms with van der Waals surface area (Å²) in [5.41, 5.74) is 0.462. The summed E-state index contributed by atoms with van der Waals surface area (Å²) in [7, 11) is -3.25. The largest absolute Gasteiger partial charge is 0.492 e. The number of esters is 1. The second kappa shape index (κ2) is 12.6. The zero-order chi connectivity index (χ0) is 32.4. The summed E-state index contributed by atoms with van der Waals surface area (Å²) >= 11 is 0. The number of alkyl halides is 3. The van der Waals surface area contributed by atoms with Gasteiger partial charge in [0.05, 0.1) is 35.4 Å². The molecule has 0 aromatic heterocycles. The number of sulfonamides is 1. The number of amides is 1. The lowest BCUT2D eigenvalue weighted by Gasteiger charge is -2.26. The van der Waals surface area contributed by atoms with Gasteiger partial charge in [-0.15, -0.1) is 0 Å². The SMILES string of the molecule is COC(=O)c1ccc(OCCNC(=O)[C@@H]2Cc3ccccc3N2S(=O)(=O)c2ccc(-c3ccc(F)cc3)cc2)cc1C(F)(F)F. The number of benzene rings is 4. The molecule has 234 valence electrons. The number of rotatable bonds is 9. The Bertz CT molecular complexity index is 1830. The van der Waals surface area contributed by atoms with E-state index in [-0.39, 0.29) is 30.2 Å². The van der Waals surface area contributed by atoms with E-state index in [1.807, 2.05) is 0 Å². The Kier molecular flexibility index (Phi) is 8.82. The molecule has 1 aliphatic heterocycles. The molecule has 0 radical (unpaired) electrons. The molecule has 1 amide bonds. The van der Waals surface area contributed by atoms with Gasteiger partial charge in [-0.3, -0.25) is 9.10 Å². The molecule has 1 atom stereocenters. The molecule has 0 bridgehead atoms. The molecular weight excluding hydrogens is 616 g/mol. The Morgan fingerprint density at radius 1 is 0.933 bits per heavy atom. The lowest BCUT2D eigenvalue weighted by Crippen LogP contribution is -2.48. The molecule has 5 rings (SSSR count). The first-order valence-electron chi connectivity index (χ1n) is 13.6. The Hall–Kier alpha value is -4.91. The van der Waals surface area contributed by atoms with Crippen LogP contribution >= 0.6 is 0 Å². The number of hydrogen-bond donors (Lipinski definition) is 1. The average Bonchev–Trinajstić information content (AvgIpc) is 3.43. The van der Waals surface area contributed by atoms with Gasteiger partial charge in [-0.2, -0.15) is 13.2 Å². The molecule has 0 saturated heterocycles.